The van der Waals surface area contributed by atoms with Gasteiger partial charge in [0.2, 0.25) is 5.95 Å². The quantitative estimate of drug-likeness (QED) is 0.791. The first-order chi connectivity index (χ1) is 7.18. The molecule has 4 heteroatoms. The standard InChI is InChI=1S/C11H18N4/c1-8(10-4-3-7-15(10)2)9-5-6-13-11(12)14-9/h5-6,8,10H,3-4,7H2,1-2H3,(H2,12,13,14)/t8-,10-/m0/s1. The van der Waals surface area contributed by atoms with E-state index in [1.807, 2.05) is 6.07 Å². The predicted octanol–water partition coefficient (Wildman–Crippen LogP) is 1.26. The number of nitrogens with two attached hydrogens (primary N) is 1. The lowest BCUT2D eigenvalue weighted by molar-refractivity contribution is 0.276. The number of nitrogen functional groups attached to an aromatic ring is 1. The van der Waals surface area contributed by atoms with E-state index < -0.39 is 0 Å². The maximum absolute atomic E-state index is 5.59. The number of hydrogen-bond donors (Lipinski definition) is 1. The van der Waals surface area contributed by atoms with E-state index in [1.165, 1.54) is 19.4 Å². The lowest BCUT2D eigenvalue weighted by Gasteiger charge is -2.25. The normalized spacial score (nSPS) is 24.3. The van der Waals surface area contributed by atoms with Gasteiger partial charge in [-0.3, -0.25) is 0 Å². The Labute approximate surface area is 90.5 Å². The number of rotatable bonds is 2. The Hall–Kier alpha value is -1.16. The van der Waals surface area contributed by atoms with Crippen LogP contribution in [0.4, 0.5) is 5.95 Å². The van der Waals surface area contributed by atoms with Crippen molar-refractivity contribution < 1.29 is 0 Å². The fourth-order valence-corrected chi connectivity index (χ4v) is 2.41. The lowest BCUT2D eigenvalue weighted by Crippen LogP contribution is -2.30. The van der Waals surface area contributed by atoms with Crippen LogP contribution in [0.1, 0.15) is 31.4 Å². The maximum atomic E-state index is 5.59. The highest BCUT2D eigenvalue weighted by atomic mass is 15.2. The topological polar surface area (TPSA) is 55.0 Å². The summed E-state index contributed by atoms with van der Waals surface area (Å²) in [6.07, 6.45) is 4.27. The van der Waals surface area contributed by atoms with Crippen LogP contribution in [-0.2, 0) is 0 Å². The van der Waals surface area contributed by atoms with Crippen LogP contribution in [0.2, 0.25) is 0 Å². The van der Waals surface area contributed by atoms with Crippen LogP contribution >= 0.6 is 0 Å². The van der Waals surface area contributed by atoms with Crippen molar-refractivity contribution in [2.45, 2.75) is 31.7 Å². The Kier molecular flexibility index (Phi) is 2.86. The van der Waals surface area contributed by atoms with E-state index in [4.69, 9.17) is 5.73 Å². The molecular formula is C11H18N4. The molecule has 82 valence electrons. The SMILES string of the molecule is C[C@@H](c1ccnc(N)n1)[C@@H]1CCCN1C. The smallest absolute Gasteiger partial charge is 0.220 e. The van der Waals surface area contributed by atoms with Gasteiger partial charge in [0.25, 0.3) is 0 Å². The highest BCUT2D eigenvalue weighted by Crippen LogP contribution is 2.28. The van der Waals surface area contributed by atoms with Gasteiger partial charge in [0.05, 0.1) is 5.69 Å². The Morgan fingerprint density at radius 3 is 3.00 bits per heavy atom. The molecule has 15 heavy (non-hydrogen) atoms. The second kappa shape index (κ2) is 4.14. The van der Waals surface area contributed by atoms with Crippen LogP contribution in [0.3, 0.4) is 0 Å². The molecular weight excluding hydrogens is 188 g/mol. The summed E-state index contributed by atoms with van der Waals surface area (Å²) in [6, 6.07) is 2.56. The summed E-state index contributed by atoms with van der Waals surface area (Å²) in [5, 5.41) is 0. The zero-order valence-corrected chi connectivity index (χ0v) is 9.35. The van der Waals surface area contributed by atoms with Gasteiger partial charge in [-0.05, 0) is 32.5 Å². The zero-order valence-electron chi connectivity index (χ0n) is 9.35. The molecule has 0 bridgehead atoms. The maximum Gasteiger partial charge on any atom is 0.220 e. The predicted molar refractivity (Wildman–Crippen MR) is 60.5 cm³/mol. The minimum absolute atomic E-state index is 0.375. The minimum Gasteiger partial charge on any atom is -0.368 e. The summed E-state index contributed by atoms with van der Waals surface area (Å²) >= 11 is 0. The summed E-state index contributed by atoms with van der Waals surface area (Å²) in [7, 11) is 2.18. The van der Waals surface area contributed by atoms with Gasteiger partial charge in [-0.1, -0.05) is 6.92 Å². The third-order valence-electron chi connectivity index (χ3n) is 3.32. The van der Waals surface area contributed by atoms with Gasteiger partial charge >= 0.3 is 0 Å². The number of anilines is 1. The van der Waals surface area contributed by atoms with Crippen LogP contribution in [0.25, 0.3) is 0 Å². The number of nitrogens with zero attached hydrogens (tertiary/aromatic N) is 3. The molecule has 1 aromatic heterocycles. The molecule has 2 rings (SSSR count). The van der Waals surface area contributed by atoms with Crippen LogP contribution in [0.5, 0.6) is 0 Å². The second-order valence-corrected chi connectivity index (χ2v) is 4.32. The third kappa shape index (κ3) is 2.09. The van der Waals surface area contributed by atoms with Crippen LogP contribution in [0.15, 0.2) is 12.3 Å². The van der Waals surface area contributed by atoms with Crippen molar-refractivity contribution in [1.82, 2.24) is 14.9 Å². The highest BCUT2D eigenvalue weighted by Gasteiger charge is 2.28. The van der Waals surface area contributed by atoms with E-state index >= 15 is 0 Å². The molecule has 1 aromatic rings. The first kappa shape index (κ1) is 10.4. The average Bonchev–Trinajstić information content (AvgIpc) is 2.63. The molecule has 1 fully saturated rings. The summed E-state index contributed by atoms with van der Waals surface area (Å²) in [5.74, 6) is 0.808. The van der Waals surface area contributed by atoms with Gasteiger partial charge in [0.1, 0.15) is 0 Å². The first-order valence-electron chi connectivity index (χ1n) is 5.47. The number of likely N-dealkylation sites (N-methyl/N-ethyl adjacent to an activating group) is 1. The average molecular weight is 206 g/mol. The summed E-state index contributed by atoms with van der Waals surface area (Å²) in [4.78, 5) is 10.6. The van der Waals surface area contributed by atoms with Crippen molar-refractivity contribution in [3.05, 3.63) is 18.0 Å². The van der Waals surface area contributed by atoms with Crippen LogP contribution < -0.4 is 5.73 Å². The molecule has 0 spiro atoms. The molecule has 2 atom stereocenters. The Morgan fingerprint density at radius 1 is 1.60 bits per heavy atom. The molecule has 1 saturated heterocycles. The van der Waals surface area contributed by atoms with Crippen molar-refractivity contribution in [3.63, 3.8) is 0 Å². The number of hydrogen-bond acceptors (Lipinski definition) is 4. The van der Waals surface area contributed by atoms with E-state index in [0.717, 1.165) is 5.69 Å². The Balaban J connectivity index is 2.16. The molecule has 0 unspecified atom stereocenters. The van der Waals surface area contributed by atoms with E-state index in [9.17, 15) is 0 Å². The van der Waals surface area contributed by atoms with Crippen molar-refractivity contribution in [2.24, 2.45) is 0 Å². The largest absolute Gasteiger partial charge is 0.368 e. The zero-order chi connectivity index (χ0) is 10.8. The monoisotopic (exact) mass is 206 g/mol. The molecule has 4 nitrogen and oxygen atoms in total. The van der Waals surface area contributed by atoms with E-state index in [1.54, 1.807) is 6.20 Å². The van der Waals surface area contributed by atoms with Crippen molar-refractivity contribution in [3.8, 4) is 0 Å². The summed E-state index contributed by atoms with van der Waals surface area (Å²) in [6.45, 7) is 3.41. The fraction of sp³-hybridized carbons (Fsp3) is 0.636. The van der Waals surface area contributed by atoms with E-state index in [2.05, 4.69) is 28.8 Å². The molecule has 1 aliphatic heterocycles. The van der Waals surface area contributed by atoms with Crippen molar-refractivity contribution >= 4 is 5.95 Å². The molecule has 0 radical (unpaired) electrons. The molecule has 2 heterocycles. The van der Waals surface area contributed by atoms with Crippen LogP contribution in [-0.4, -0.2) is 34.5 Å². The Bertz CT molecular complexity index is 339. The molecule has 2 N–H and O–H groups in total. The number of likely N-dealkylation sites (tertiary alicyclic amines) is 1. The Morgan fingerprint density at radius 2 is 2.40 bits per heavy atom. The summed E-state index contributed by atoms with van der Waals surface area (Å²) < 4.78 is 0. The molecule has 0 aromatic carbocycles. The first-order valence-corrected chi connectivity index (χ1v) is 5.47. The van der Waals surface area contributed by atoms with E-state index in [0.29, 0.717) is 17.9 Å². The molecule has 0 aliphatic carbocycles. The summed E-state index contributed by atoms with van der Waals surface area (Å²) in [5.41, 5.74) is 6.65. The van der Waals surface area contributed by atoms with Crippen LogP contribution in [0, 0.1) is 0 Å². The van der Waals surface area contributed by atoms with Gasteiger partial charge in [0.15, 0.2) is 0 Å². The second-order valence-electron chi connectivity index (χ2n) is 4.32. The van der Waals surface area contributed by atoms with Gasteiger partial charge in [-0.2, -0.15) is 0 Å². The fourth-order valence-electron chi connectivity index (χ4n) is 2.41. The minimum atomic E-state index is 0.375. The van der Waals surface area contributed by atoms with Crippen molar-refractivity contribution in [1.29, 1.82) is 0 Å². The lowest BCUT2D eigenvalue weighted by atomic mass is 9.96. The molecule has 1 aliphatic rings. The van der Waals surface area contributed by atoms with Gasteiger partial charge in [-0.25, -0.2) is 9.97 Å². The van der Waals surface area contributed by atoms with E-state index in [-0.39, 0.29) is 0 Å². The van der Waals surface area contributed by atoms with Gasteiger partial charge < -0.3 is 10.6 Å². The molecule has 0 amide bonds. The number of aromatic nitrogens is 2. The van der Waals surface area contributed by atoms with Crippen molar-refractivity contribution in [2.75, 3.05) is 19.3 Å². The highest BCUT2D eigenvalue weighted by molar-refractivity contribution is 5.20. The molecule has 0 saturated carbocycles. The van der Waals surface area contributed by atoms with Gasteiger partial charge in [-0.15, -0.1) is 0 Å². The third-order valence-corrected chi connectivity index (χ3v) is 3.32. The van der Waals surface area contributed by atoms with Gasteiger partial charge in [0, 0.05) is 18.2 Å².